The number of benzene rings is 1. The largest absolute Gasteiger partial charge is 0.311 e. The third-order valence-corrected chi connectivity index (χ3v) is 3.85. The summed E-state index contributed by atoms with van der Waals surface area (Å²) in [6, 6.07) is 4.02. The van der Waals surface area contributed by atoms with Crippen LogP contribution in [0.1, 0.15) is 32.8 Å². The summed E-state index contributed by atoms with van der Waals surface area (Å²) in [7, 11) is 0. The Morgan fingerprint density at radius 1 is 1.39 bits per heavy atom. The Bertz CT molecular complexity index is 531. The Balaban J connectivity index is 2.09. The van der Waals surface area contributed by atoms with Gasteiger partial charge < -0.3 is 5.32 Å². The van der Waals surface area contributed by atoms with Crippen LogP contribution in [0.5, 0.6) is 0 Å². The van der Waals surface area contributed by atoms with E-state index in [0.717, 1.165) is 35.3 Å². The summed E-state index contributed by atoms with van der Waals surface area (Å²) < 4.78 is 0. The lowest BCUT2D eigenvalue weighted by Gasteiger charge is -2.24. The minimum absolute atomic E-state index is 0.196. The van der Waals surface area contributed by atoms with Gasteiger partial charge in [0.2, 0.25) is 0 Å². The topological polar surface area (TPSA) is 40.7 Å². The van der Waals surface area contributed by atoms with Gasteiger partial charge in [-0.05, 0) is 44.9 Å². The number of rotatable bonds is 5. The summed E-state index contributed by atoms with van der Waals surface area (Å²) in [4.78, 5) is 0. The molecule has 2 aromatic rings. The molecule has 1 aromatic carbocycles. The number of aromatic amines is 1. The lowest BCUT2D eigenvalue weighted by Crippen LogP contribution is -2.39. The first-order valence-corrected chi connectivity index (χ1v) is 6.77. The molecule has 0 aliphatic carbocycles. The van der Waals surface area contributed by atoms with Crippen molar-refractivity contribution in [1.82, 2.24) is 15.5 Å². The quantitative estimate of drug-likeness (QED) is 0.868. The molecule has 0 bridgehead atoms. The van der Waals surface area contributed by atoms with Crippen molar-refractivity contribution < 1.29 is 0 Å². The minimum Gasteiger partial charge on any atom is -0.311 e. The molecule has 98 valence electrons. The zero-order valence-electron chi connectivity index (χ0n) is 11.2. The maximum absolute atomic E-state index is 6.11. The second-order valence-corrected chi connectivity index (χ2v) is 5.69. The Morgan fingerprint density at radius 3 is 2.89 bits per heavy atom. The fourth-order valence-electron chi connectivity index (χ4n) is 1.94. The average Bonchev–Trinajstić information content (AvgIpc) is 2.82. The predicted octanol–water partition coefficient (Wildman–Crippen LogP) is 3.54. The maximum Gasteiger partial charge on any atom is 0.0839 e. The monoisotopic (exact) mass is 265 g/mol. The van der Waals surface area contributed by atoms with Crippen molar-refractivity contribution in [2.24, 2.45) is 0 Å². The molecule has 2 N–H and O–H groups in total. The summed E-state index contributed by atoms with van der Waals surface area (Å²) in [6.45, 7) is 7.61. The minimum atomic E-state index is 0.196. The molecule has 0 atom stereocenters. The number of hydrogen-bond acceptors (Lipinski definition) is 2. The van der Waals surface area contributed by atoms with Crippen LogP contribution in [0, 0.1) is 0 Å². The second kappa shape index (κ2) is 5.29. The number of nitrogens with zero attached hydrogens (tertiary/aromatic N) is 1. The molecular weight excluding hydrogens is 246 g/mol. The summed E-state index contributed by atoms with van der Waals surface area (Å²) >= 11 is 6.11. The molecule has 0 spiro atoms. The number of nitrogens with one attached hydrogen (secondary N) is 2. The highest BCUT2D eigenvalue weighted by molar-refractivity contribution is 6.35. The molecule has 4 heteroatoms. The van der Waals surface area contributed by atoms with E-state index in [1.165, 1.54) is 5.56 Å². The van der Waals surface area contributed by atoms with Gasteiger partial charge in [-0.1, -0.05) is 24.6 Å². The standard InChI is InChI=1S/C14H20ClN3/c1-4-14(2,3)16-8-7-10-5-6-12(15)13-11(10)9-17-18-13/h5-6,9,16H,4,7-8H2,1-3H3,(H,17,18). The number of aromatic nitrogens is 2. The molecule has 3 nitrogen and oxygen atoms in total. The van der Waals surface area contributed by atoms with E-state index in [-0.39, 0.29) is 5.54 Å². The summed E-state index contributed by atoms with van der Waals surface area (Å²) in [6.07, 6.45) is 3.95. The van der Waals surface area contributed by atoms with Crippen LogP contribution < -0.4 is 5.32 Å². The highest BCUT2D eigenvalue weighted by atomic mass is 35.5. The van der Waals surface area contributed by atoms with Crippen molar-refractivity contribution in [3.63, 3.8) is 0 Å². The first kappa shape index (κ1) is 13.4. The van der Waals surface area contributed by atoms with E-state index >= 15 is 0 Å². The van der Waals surface area contributed by atoms with Crippen molar-refractivity contribution in [2.45, 2.75) is 39.2 Å². The third-order valence-electron chi connectivity index (χ3n) is 3.54. The summed E-state index contributed by atoms with van der Waals surface area (Å²) in [5.41, 5.74) is 2.41. The molecule has 0 saturated carbocycles. The van der Waals surface area contributed by atoms with Crippen molar-refractivity contribution in [1.29, 1.82) is 0 Å². The number of hydrogen-bond donors (Lipinski definition) is 2. The molecule has 0 aliphatic rings. The first-order valence-electron chi connectivity index (χ1n) is 6.39. The zero-order valence-corrected chi connectivity index (χ0v) is 11.9. The molecule has 0 unspecified atom stereocenters. The van der Waals surface area contributed by atoms with Gasteiger partial charge in [-0.3, -0.25) is 5.10 Å². The average molecular weight is 266 g/mol. The Hall–Kier alpha value is -1.06. The Morgan fingerprint density at radius 2 is 2.17 bits per heavy atom. The van der Waals surface area contributed by atoms with Gasteiger partial charge in [0.05, 0.1) is 16.7 Å². The van der Waals surface area contributed by atoms with Crippen molar-refractivity contribution in [3.8, 4) is 0 Å². The smallest absolute Gasteiger partial charge is 0.0839 e. The molecule has 0 amide bonds. The number of H-pyrrole nitrogens is 1. The van der Waals surface area contributed by atoms with Crippen molar-refractivity contribution in [2.75, 3.05) is 6.54 Å². The molecule has 0 fully saturated rings. The van der Waals surface area contributed by atoms with Crippen LogP contribution in [-0.4, -0.2) is 22.3 Å². The van der Waals surface area contributed by atoms with Crippen LogP contribution in [0.2, 0.25) is 5.02 Å². The Labute approximate surface area is 113 Å². The van der Waals surface area contributed by atoms with Gasteiger partial charge in [0.25, 0.3) is 0 Å². The number of halogens is 1. The van der Waals surface area contributed by atoms with E-state index in [2.05, 4.69) is 42.4 Å². The first-order chi connectivity index (χ1) is 8.53. The van der Waals surface area contributed by atoms with Gasteiger partial charge in [-0.15, -0.1) is 0 Å². The van der Waals surface area contributed by atoms with Crippen LogP contribution in [0.4, 0.5) is 0 Å². The van der Waals surface area contributed by atoms with Crippen LogP contribution in [-0.2, 0) is 6.42 Å². The van der Waals surface area contributed by atoms with Gasteiger partial charge in [-0.2, -0.15) is 5.10 Å². The van der Waals surface area contributed by atoms with Crippen LogP contribution in [0.15, 0.2) is 18.3 Å². The van der Waals surface area contributed by atoms with Gasteiger partial charge in [-0.25, -0.2) is 0 Å². The van der Waals surface area contributed by atoms with Crippen LogP contribution in [0.3, 0.4) is 0 Å². The molecule has 18 heavy (non-hydrogen) atoms. The number of fused-ring (bicyclic) bond motifs is 1. The SMILES string of the molecule is CCC(C)(C)NCCc1ccc(Cl)c2[nH]ncc12. The molecule has 1 aromatic heterocycles. The molecule has 2 rings (SSSR count). The van der Waals surface area contributed by atoms with E-state index in [0.29, 0.717) is 0 Å². The van der Waals surface area contributed by atoms with Crippen LogP contribution in [0.25, 0.3) is 10.9 Å². The van der Waals surface area contributed by atoms with Crippen molar-refractivity contribution in [3.05, 3.63) is 28.9 Å². The highest BCUT2D eigenvalue weighted by Gasteiger charge is 2.13. The highest BCUT2D eigenvalue weighted by Crippen LogP contribution is 2.24. The Kier molecular flexibility index (Phi) is 3.93. The second-order valence-electron chi connectivity index (χ2n) is 5.28. The molecule has 1 heterocycles. The third kappa shape index (κ3) is 2.85. The van der Waals surface area contributed by atoms with E-state index in [1.807, 2.05) is 12.3 Å². The van der Waals surface area contributed by atoms with Crippen LogP contribution >= 0.6 is 11.6 Å². The lowest BCUT2D eigenvalue weighted by atomic mass is 10.0. The normalized spacial score (nSPS) is 12.2. The zero-order chi connectivity index (χ0) is 13.2. The maximum atomic E-state index is 6.11. The fourth-order valence-corrected chi connectivity index (χ4v) is 2.14. The van der Waals surface area contributed by atoms with Gasteiger partial charge in [0.15, 0.2) is 0 Å². The van der Waals surface area contributed by atoms with E-state index in [4.69, 9.17) is 11.6 Å². The lowest BCUT2D eigenvalue weighted by molar-refractivity contribution is 0.380. The summed E-state index contributed by atoms with van der Waals surface area (Å²) in [5, 5.41) is 12.4. The summed E-state index contributed by atoms with van der Waals surface area (Å²) in [5.74, 6) is 0. The van der Waals surface area contributed by atoms with E-state index in [1.54, 1.807) is 0 Å². The molecular formula is C14H20ClN3. The predicted molar refractivity (Wildman–Crippen MR) is 77.2 cm³/mol. The molecule has 0 saturated heterocycles. The molecule has 0 aliphatic heterocycles. The van der Waals surface area contributed by atoms with E-state index < -0.39 is 0 Å². The molecule has 0 radical (unpaired) electrons. The van der Waals surface area contributed by atoms with Gasteiger partial charge in [0.1, 0.15) is 0 Å². The van der Waals surface area contributed by atoms with Crippen molar-refractivity contribution >= 4 is 22.5 Å². The van der Waals surface area contributed by atoms with Gasteiger partial charge >= 0.3 is 0 Å². The van der Waals surface area contributed by atoms with E-state index in [9.17, 15) is 0 Å². The van der Waals surface area contributed by atoms with Gasteiger partial charge in [0, 0.05) is 10.9 Å². The fraction of sp³-hybridized carbons (Fsp3) is 0.500.